The van der Waals surface area contributed by atoms with Crippen LogP contribution in [0.3, 0.4) is 0 Å². The molecule has 2 aliphatic heterocycles. The highest BCUT2D eigenvalue weighted by Gasteiger charge is 2.25. The van der Waals surface area contributed by atoms with Gasteiger partial charge in [-0.2, -0.15) is 0 Å². The lowest BCUT2D eigenvalue weighted by Gasteiger charge is -2.27. The van der Waals surface area contributed by atoms with Gasteiger partial charge in [0.2, 0.25) is 0 Å². The van der Waals surface area contributed by atoms with E-state index in [1.54, 1.807) is 0 Å². The Morgan fingerprint density at radius 1 is 1.00 bits per heavy atom. The molecule has 3 nitrogen and oxygen atoms in total. The Bertz CT molecular complexity index is 429. The van der Waals surface area contributed by atoms with E-state index in [9.17, 15) is 0 Å². The number of rotatable bonds is 2. The molecule has 104 valence electrons. The minimum atomic E-state index is -0.113. The van der Waals surface area contributed by atoms with Crippen LogP contribution < -0.4 is 9.47 Å². The molecule has 2 unspecified atom stereocenters. The maximum Gasteiger partial charge on any atom is 0.161 e. The van der Waals surface area contributed by atoms with E-state index in [1.165, 1.54) is 6.42 Å². The lowest BCUT2D eigenvalue weighted by Crippen LogP contribution is -2.23. The van der Waals surface area contributed by atoms with Crippen LogP contribution in [0.1, 0.15) is 36.6 Å². The normalized spacial score (nSPS) is 24.6. The van der Waals surface area contributed by atoms with Gasteiger partial charge in [-0.25, -0.2) is 0 Å². The molecule has 0 radical (unpaired) electrons. The summed E-state index contributed by atoms with van der Waals surface area (Å²) in [5.41, 5.74) is 1.05. The average molecular weight is 283 g/mol. The van der Waals surface area contributed by atoms with E-state index >= 15 is 0 Å². The van der Waals surface area contributed by atoms with Crippen molar-refractivity contribution in [3.05, 3.63) is 23.8 Å². The molecule has 0 aliphatic carbocycles. The fraction of sp³-hybridized carbons (Fsp3) is 0.600. The summed E-state index contributed by atoms with van der Waals surface area (Å²) in [6.07, 6.45) is 4.39. The Morgan fingerprint density at radius 2 is 1.84 bits per heavy atom. The quantitative estimate of drug-likeness (QED) is 0.774. The first kappa shape index (κ1) is 13.1. The Kier molecular flexibility index (Phi) is 4.14. The second kappa shape index (κ2) is 6.02. The van der Waals surface area contributed by atoms with Gasteiger partial charge in [-0.1, -0.05) is 6.07 Å². The predicted octanol–water partition coefficient (Wildman–Crippen LogP) is 3.70. The topological polar surface area (TPSA) is 27.7 Å². The van der Waals surface area contributed by atoms with E-state index in [1.807, 2.05) is 18.2 Å². The second-order valence-electron chi connectivity index (χ2n) is 5.06. The first-order chi connectivity index (χ1) is 9.34. The summed E-state index contributed by atoms with van der Waals surface area (Å²) in [5.74, 6) is 1.62. The van der Waals surface area contributed by atoms with Gasteiger partial charge in [-0.05, 0) is 37.0 Å². The van der Waals surface area contributed by atoms with Crippen LogP contribution in [0, 0.1) is 0 Å². The van der Waals surface area contributed by atoms with E-state index < -0.39 is 0 Å². The summed E-state index contributed by atoms with van der Waals surface area (Å²) in [6, 6.07) is 5.97. The third-order valence-corrected chi connectivity index (χ3v) is 4.16. The number of fused-ring (bicyclic) bond motifs is 1. The zero-order valence-electron chi connectivity index (χ0n) is 10.9. The van der Waals surface area contributed by atoms with E-state index in [4.69, 9.17) is 25.8 Å². The lowest BCUT2D eigenvalue weighted by molar-refractivity contribution is 0.0135. The summed E-state index contributed by atoms with van der Waals surface area (Å²) in [7, 11) is 0. The fourth-order valence-electron chi connectivity index (χ4n) is 2.56. The van der Waals surface area contributed by atoms with Crippen LogP contribution in [0.15, 0.2) is 18.2 Å². The highest BCUT2D eigenvalue weighted by Crippen LogP contribution is 2.37. The summed E-state index contributed by atoms with van der Waals surface area (Å²) < 4.78 is 17.1. The van der Waals surface area contributed by atoms with Gasteiger partial charge in [-0.3, -0.25) is 0 Å². The summed E-state index contributed by atoms with van der Waals surface area (Å²) in [4.78, 5) is 0. The highest BCUT2D eigenvalue weighted by molar-refractivity contribution is 6.21. The third-order valence-electron chi connectivity index (χ3n) is 3.63. The van der Waals surface area contributed by atoms with Crippen molar-refractivity contribution in [2.24, 2.45) is 0 Å². The molecule has 3 rings (SSSR count). The van der Waals surface area contributed by atoms with Crippen LogP contribution in [0.25, 0.3) is 0 Å². The highest BCUT2D eigenvalue weighted by atomic mass is 35.5. The molecule has 0 N–H and O–H groups in total. The molecule has 2 heterocycles. The Balaban J connectivity index is 1.78. The first-order valence-corrected chi connectivity index (χ1v) is 7.43. The van der Waals surface area contributed by atoms with Crippen LogP contribution in [-0.2, 0) is 4.74 Å². The molecule has 19 heavy (non-hydrogen) atoms. The van der Waals surface area contributed by atoms with Gasteiger partial charge >= 0.3 is 0 Å². The van der Waals surface area contributed by atoms with Gasteiger partial charge in [0.25, 0.3) is 0 Å². The molecule has 4 heteroatoms. The van der Waals surface area contributed by atoms with Crippen molar-refractivity contribution < 1.29 is 14.2 Å². The maximum atomic E-state index is 6.55. The molecule has 0 saturated carbocycles. The molecule has 0 amide bonds. The van der Waals surface area contributed by atoms with Crippen molar-refractivity contribution in [3.63, 3.8) is 0 Å². The molecule has 1 saturated heterocycles. The van der Waals surface area contributed by atoms with Crippen LogP contribution in [0.2, 0.25) is 0 Å². The molecule has 2 aliphatic rings. The minimum Gasteiger partial charge on any atom is -0.490 e. The van der Waals surface area contributed by atoms with Gasteiger partial charge < -0.3 is 14.2 Å². The molecule has 1 fully saturated rings. The number of alkyl halides is 1. The van der Waals surface area contributed by atoms with Crippen molar-refractivity contribution in [1.82, 2.24) is 0 Å². The molecule has 0 aromatic heterocycles. The van der Waals surface area contributed by atoms with Crippen molar-refractivity contribution in [2.45, 2.75) is 37.2 Å². The van der Waals surface area contributed by atoms with Crippen molar-refractivity contribution in [1.29, 1.82) is 0 Å². The SMILES string of the molecule is ClC(c1ccc2c(c1)OCCCO2)C1CCCCO1. The molecule has 0 spiro atoms. The summed E-state index contributed by atoms with van der Waals surface area (Å²) in [5, 5.41) is -0.113. The Hall–Kier alpha value is -0.930. The number of halogens is 1. The van der Waals surface area contributed by atoms with E-state index in [0.29, 0.717) is 13.2 Å². The number of hydrogen-bond acceptors (Lipinski definition) is 3. The second-order valence-corrected chi connectivity index (χ2v) is 5.53. The molecule has 2 atom stereocenters. The number of benzene rings is 1. The van der Waals surface area contributed by atoms with Crippen LogP contribution in [0.5, 0.6) is 11.5 Å². The van der Waals surface area contributed by atoms with Gasteiger partial charge in [0, 0.05) is 13.0 Å². The van der Waals surface area contributed by atoms with Crippen LogP contribution in [-0.4, -0.2) is 25.9 Å². The minimum absolute atomic E-state index is 0.111. The zero-order valence-corrected chi connectivity index (χ0v) is 11.7. The van der Waals surface area contributed by atoms with Gasteiger partial charge in [0.15, 0.2) is 11.5 Å². The third kappa shape index (κ3) is 2.98. The lowest BCUT2D eigenvalue weighted by atomic mass is 10.0. The summed E-state index contributed by atoms with van der Waals surface area (Å²) in [6.45, 7) is 2.23. The molecular formula is C15H19ClO3. The summed E-state index contributed by atoms with van der Waals surface area (Å²) >= 11 is 6.55. The zero-order chi connectivity index (χ0) is 13.1. The van der Waals surface area contributed by atoms with Crippen LogP contribution >= 0.6 is 11.6 Å². The van der Waals surface area contributed by atoms with Crippen molar-refractivity contribution in [3.8, 4) is 11.5 Å². The van der Waals surface area contributed by atoms with Crippen LogP contribution in [0.4, 0.5) is 0 Å². The molecule has 1 aromatic rings. The van der Waals surface area contributed by atoms with Crippen molar-refractivity contribution >= 4 is 11.6 Å². The average Bonchev–Trinajstić information content (AvgIpc) is 2.72. The van der Waals surface area contributed by atoms with E-state index in [2.05, 4.69) is 0 Å². The molecule has 0 bridgehead atoms. The predicted molar refractivity (Wildman–Crippen MR) is 74.2 cm³/mol. The largest absolute Gasteiger partial charge is 0.490 e. The Morgan fingerprint density at radius 3 is 2.63 bits per heavy atom. The maximum absolute atomic E-state index is 6.55. The van der Waals surface area contributed by atoms with Gasteiger partial charge in [-0.15, -0.1) is 11.6 Å². The smallest absolute Gasteiger partial charge is 0.161 e. The van der Waals surface area contributed by atoms with Crippen molar-refractivity contribution in [2.75, 3.05) is 19.8 Å². The fourth-order valence-corrected chi connectivity index (χ4v) is 2.90. The Labute approximate surface area is 118 Å². The monoisotopic (exact) mass is 282 g/mol. The van der Waals surface area contributed by atoms with E-state index in [0.717, 1.165) is 42.9 Å². The molecule has 1 aromatic carbocycles. The number of hydrogen-bond donors (Lipinski definition) is 0. The number of ether oxygens (including phenoxy) is 3. The molecular weight excluding hydrogens is 264 g/mol. The first-order valence-electron chi connectivity index (χ1n) is 7.00. The van der Waals surface area contributed by atoms with E-state index in [-0.39, 0.29) is 11.5 Å². The van der Waals surface area contributed by atoms with Gasteiger partial charge in [0.05, 0.1) is 24.7 Å². The standard InChI is InChI=1S/C15H19ClO3/c16-15(13-4-1-2-7-18-13)11-5-6-12-14(10-11)19-9-3-8-17-12/h5-6,10,13,15H,1-4,7-9H2. The van der Waals surface area contributed by atoms with Gasteiger partial charge in [0.1, 0.15) is 0 Å².